The molecule has 70 heavy (non-hydrogen) atoms. The summed E-state index contributed by atoms with van der Waals surface area (Å²) >= 11 is 5.82. The number of ether oxygens (including phenoxy) is 4. The highest BCUT2D eigenvalue weighted by atomic mass is 35.5. The summed E-state index contributed by atoms with van der Waals surface area (Å²) < 4.78 is 87.3. The van der Waals surface area contributed by atoms with Crippen molar-refractivity contribution in [1.82, 2.24) is 19.4 Å². The van der Waals surface area contributed by atoms with Gasteiger partial charge in [-0.25, -0.2) is 30.8 Å². The van der Waals surface area contributed by atoms with Crippen molar-refractivity contribution in [1.29, 1.82) is 10.5 Å². The molecule has 24 heteroatoms. The van der Waals surface area contributed by atoms with Gasteiger partial charge in [-0.15, -0.1) is 0 Å². The summed E-state index contributed by atoms with van der Waals surface area (Å²) in [4.78, 5) is 61.8. The normalized spacial score (nSPS) is 14.2. The lowest BCUT2D eigenvalue weighted by molar-refractivity contribution is -0.124. The number of hydrogen-bond donors (Lipinski definition) is 2. The van der Waals surface area contributed by atoms with Crippen LogP contribution < -0.4 is 28.7 Å². The molecule has 4 aromatic rings. The number of benzene rings is 2. The summed E-state index contributed by atoms with van der Waals surface area (Å²) in [5, 5.41) is 19.7. The summed E-state index contributed by atoms with van der Waals surface area (Å²) in [6, 6.07) is 18.1. The van der Waals surface area contributed by atoms with Crippen LogP contribution in [0.4, 0.5) is 16.0 Å². The lowest BCUT2D eigenvalue weighted by Crippen LogP contribution is -2.43. The van der Waals surface area contributed by atoms with Crippen molar-refractivity contribution in [2.45, 2.75) is 51.0 Å². The highest BCUT2D eigenvalue weighted by molar-refractivity contribution is 7.89. The highest BCUT2D eigenvalue weighted by Gasteiger charge is 2.32. The minimum absolute atomic E-state index is 0.0178. The number of esters is 2. The van der Waals surface area contributed by atoms with Gasteiger partial charge < -0.3 is 28.7 Å². The van der Waals surface area contributed by atoms with E-state index in [1.165, 1.54) is 38.5 Å². The van der Waals surface area contributed by atoms with E-state index < -0.39 is 67.2 Å². The van der Waals surface area contributed by atoms with Crippen LogP contribution in [0.3, 0.4) is 0 Å². The van der Waals surface area contributed by atoms with Gasteiger partial charge in [-0.2, -0.15) is 20.5 Å². The van der Waals surface area contributed by atoms with Gasteiger partial charge in [0.05, 0.1) is 50.1 Å². The lowest BCUT2D eigenvalue weighted by Gasteiger charge is -2.32. The van der Waals surface area contributed by atoms with E-state index in [4.69, 9.17) is 30.5 Å². The third-order valence-corrected chi connectivity index (χ3v) is 13.6. The van der Waals surface area contributed by atoms with E-state index in [9.17, 15) is 50.9 Å². The first kappa shape index (κ1) is 53.9. The van der Waals surface area contributed by atoms with Gasteiger partial charge in [0.25, 0.3) is 0 Å². The van der Waals surface area contributed by atoms with E-state index in [-0.39, 0.29) is 53.0 Å². The number of hydrogen-bond acceptors (Lipinski definition) is 18. The van der Waals surface area contributed by atoms with Crippen LogP contribution in [-0.2, 0) is 50.6 Å². The van der Waals surface area contributed by atoms with Gasteiger partial charge >= 0.3 is 11.9 Å². The number of piperidine rings is 2. The molecule has 6 rings (SSSR count). The summed E-state index contributed by atoms with van der Waals surface area (Å²) in [6.07, 6.45) is 1.37. The number of amides is 2. The Hall–Kier alpha value is -7.08. The molecule has 0 atom stereocenters. The second-order valence-electron chi connectivity index (χ2n) is 15.7. The second-order valence-corrected chi connectivity index (χ2v) is 19.6. The molecular weight excluding hydrogens is 975 g/mol. The van der Waals surface area contributed by atoms with Crippen LogP contribution in [0.5, 0.6) is 11.8 Å². The van der Waals surface area contributed by atoms with Crippen molar-refractivity contribution in [2.75, 3.05) is 63.4 Å². The Morgan fingerprint density at radius 3 is 1.36 bits per heavy atom. The molecule has 2 amide bonds. The maximum absolute atomic E-state index is 13.0. The molecule has 2 fully saturated rings. The predicted molar refractivity (Wildman–Crippen MR) is 252 cm³/mol. The molecular formula is C46H50ClFN8O12S2. The second kappa shape index (κ2) is 24.5. The number of pyridine rings is 2. The number of aromatic nitrogens is 2. The fraction of sp³-hybridized carbons (Fsp3) is 0.391. The summed E-state index contributed by atoms with van der Waals surface area (Å²) in [5.74, 6) is -4.13. The van der Waals surface area contributed by atoms with Crippen LogP contribution in [0.15, 0.2) is 60.7 Å². The van der Waals surface area contributed by atoms with Crippen LogP contribution in [0.1, 0.15) is 82.5 Å². The third-order valence-electron chi connectivity index (χ3n) is 10.9. The summed E-state index contributed by atoms with van der Waals surface area (Å²) in [7, 11) is -5.11. The average molecular weight is 1030 g/mol. The SMILES string of the molecule is CCOC(=O)c1cc(C#N)c(N2CCC(C(=O)NS(=O)(=O)Cc3ccc(Cl)cc3)CC2)nc1OC.CCOC(=O)c1cc(C#N)c(N2CCC(C(=O)NS(=O)(=O)Cc3ccc(F)cc3)CC2)nc1OC. The van der Waals surface area contributed by atoms with Gasteiger partial charge in [-0.3, -0.25) is 19.0 Å². The number of methoxy groups -OCH3 is 2. The molecule has 2 N–H and O–H groups in total. The van der Waals surface area contributed by atoms with Crippen molar-refractivity contribution < 1.29 is 59.4 Å². The number of nitriles is 2. The smallest absolute Gasteiger partial charge is 0.343 e. The van der Waals surface area contributed by atoms with Gasteiger partial charge in [-0.1, -0.05) is 35.9 Å². The van der Waals surface area contributed by atoms with Crippen LogP contribution in [0, 0.1) is 40.3 Å². The third kappa shape index (κ3) is 14.5. The molecule has 0 radical (unpaired) electrons. The largest absolute Gasteiger partial charge is 0.480 e. The quantitative estimate of drug-likeness (QED) is 0.143. The van der Waals surface area contributed by atoms with Crippen LogP contribution >= 0.6 is 11.6 Å². The molecule has 0 unspecified atom stereocenters. The van der Waals surface area contributed by atoms with E-state index in [1.807, 2.05) is 17.0 Å². The topological polar surface area (TPSA) is 277 Å². The fourth-order valence-electron chi connectivity index (χ4n) is 7.49. The maximum Gasteiger partial charge on any atom is 0.343 e. The molecule has 2 aliphatic rings. The average Bonchev–Trinajstić information content (AvgIpc) is 3.34. The number of carbonyl (C=O) groups excluding carboxylic acids is 4. The standard InChI is InChI=1S/C23H25ClN4O6S.C23H25FN4O6S/c2*1-3-34-23(30)19-12-17(13-25)20(26-22(19)33-2)28-10-8-16(9-11-28)21(29)27-35(31,32)14-15-4-6-18(24)7-5-15/h2*4-7,12,16H,3,8-11,14H2,1-2H3,(H,27,29). The Labute approximate surface area is 409 Å². The van der Waals surface area contributed by atoms with Crippen molar-refractivity contribution in [3.8, 4) is 23.9 Å². The van der Waals surface area contributed by atoms with Gasteiger partial charge in [0, 0.05) is 43.0 Å². The monoisotopic (exact) mass is 1020 g/mol. The summed E-state index contributed by atoms with van der Waals surface area (Å²) in [6.45, 7) is 5.03. The lowest BCUT2D eigenvalue weighted by atomic mass is 9.96. The molecule has 372 valence electrons. The number of nitrogens with zero attached hydrogens (tertiary/aromatic N) is 6. The van der Waals surface area contributed by atoms with Gasteiger partial charge in [0.2, 0.25) is 43.6 Å². The Kier molecular flexibility index (Phi) is 18.8. The molecule has 0 saturated carbocycles. The van der Waals surface area contributed by atoms with E-state index in [2.05, 4.69) is 19.4 Å². The number of rotatable bonds is 16. The van der Waals surface area contributed by atoms with Crippen molar-refractivity contribution in [2.24, 2.45) is 11.8 Å². The molecule has 0 spiro atoms. The van der Waals surface area contributed by atoms with Crippen molar-refractivity contribution >= 4 is 67.0 Å². The molecule has 2 aliphatic heterocycles. The van der Waals surface area contributed by atoms with Crippen molar-refractivity contribution in [3.05, 3.63) is 105 Å². The Balaban J connectivity index is 0.000000261. The zero-order valence-corrected chi connectivity index (χ0v) is 41.0. The first-order chi connectivity index (χ1) is 33.3. The molecule has 20 nitrogen and oxygen atoms in total. The molecule has 2 aromatic carbocycles. The maximum atomic E-state index is 13.0. The highest BCUT2D eigenvalue weighted by Crippen LogP contribution is 2.32. The van der Waals surface area contributed by atoms with Gasteiger partial charge in [0.15, 0.2) is 11.6 Å². The molecule has 2 saturated heterocycles. The number of sulfonamides is 2. The number of nitrogens with one attached hydrogen (secondary N) is 2. The Morgan fingerprint density at radius 1 is 0.671 bits per heavy atom. The zero-order valence-electron chi connectivity index (χ0n) is 38.6. The van der Waals surface area contributed by atoms with Crippen LogP contribution in [0.2, 0.25) is 5.02 Å². The number of halogens is 2. The summed E-state index contributed by atoms with van der Waals surface area (Å²) in [5.41, 5.74) is 1.28. The van der Waals surface area contributed by atoms with Crippen LogP contribution in [0.25, 0.3) is 0 Å². The first-order valence-corrected chi connectivity index (χ1v) is 25.4. The van der Waals surface area contributed by atoms with E-state index in [0.29, 0.717) is 79.6 Å². The number of anilines is 2. The first-order valence-electron chi connectivity index (χ1n) is 21.7. The molecule has 0 bridgehead atoms. The van der Waals surface area contributed by atoms with Crippen LogP contribution in [-0.4, -0.2) is 104 Å². The Bertz CT molecular complexity index is 2670. The van der Waals surface area contributed by atoms with Gasteiger partial charge in [0.1, 0.15) is 29.1 Å². The Morgan fingerprint density at radius 2 is 1.03 bits per heavy atom. The molecule has 0 aliphatic carbocycles. The van der Waals surface area contributed by atoms with E-state index in [1.54, 1.807) is 43.0 Å². The molecule has 2 aromatic heterocycles. The predicted octanol–water partition coefficient (Wildman–Crippen LogP) is 4.79. The van der Waals surface area contributed by atoms with Gasteiger partial charge in [-0.05, 0) is 87.1 Å². The van der Waals surface area contributed by atoms with E-state index in [0.717, 1.165) is 12.1 Å². The zero-order chi connectivity index (χ0) is 51.2. The van der Waals surface area contributed by atoms with Crippen molar-refractivity contribution in [3.63, 3.8) is 0 Å². The minimum Gasteiger partial charge on any atom is -0.480 e. The van der Waals surface area contributed by atoms with E-state index >= 15 is 0 Å². The number of carbonyl (C=O) groups is 4. The fourth-order valence-corrected chi connectivity index (χ4v) is 9.97. The minimum atomic E-state index is -3.95. The molecule has 4 heterocycles.